The topological polar surface area (TPSA) is 44.5 Å². The Morgan fingerprint density at radius 3 is 1.65 bits per heavy atom. The Balaban J connectivity index is 2.69. The molecule has 3 nitrogen and oxygen atoms in total. The van der Waals surface area contributed by atoms with Crippen molar-refractivity contribution in [3.8, 4) is 0 Å². The average molecular weight is 372 g/mol. The van der Waals surface area contributed by atoms with Crippen LogP contribution in [-0.2, 0) is 9.16 Å². The molecule has 2 N–H and O–H groups in total. The maximum atomic E-state index is 7.01. The van der Waals surface area contributed by atoms with E-state index in [2.05, 4.69) is 69.3 Å². The van der Waals surface area contributed by atoms with E-state index in [-0.39, 0.29) is 11.1 Å². The SMILES string of the molecule is CCC(N)(OC)C(C)O[Si](c1ccccc1)(c1ccccc1)C(C)(C)C. The zero-order chi connectivity index (χ0) is 19.4. The summed E-state index contributed by atoms with van der Waals surface area (Å²) in [5, 5.41) is 2.42. The number of hydrogen-bond acceptors (Lipinski definition) is 3. The number of rotatable bonds is 7. The van der Waals surface area contributed by atoms with Crippen LogP contribution in [0.5, 0.6) is 0 Å². The standard InChI is InChI=1S/C22H33NO2Si/c1-7-22(23,24-6)18(2)25-26(21(3,4)5,19-14-10-8-11-15-19)20-16-12-9-13-17-20/h8-18H,7,23H2,1-6H3. The van der Waals surface area contributed by atoms with Gasteiger partial charge in [0.2, 0.25) is 0 Å². The normalized spacial score (nSPS) is 16.1. The summed E-state index contributed by atoms with van der Waals surface area (Å²) in [6.45, 7) is 10.9. The van der Waals surface area contributed by atoms with Gasteiger partial charge < -0.3 is 14.9 Å². The zero-order valence-corrected chi connectivity index (χ0v) is 18.0. The van der Waals surface area contributed by atoms with Gasteiger partial charge in [0.1, 0.15) is 5.72 Å². The van der Waals surface area contributed by atoms with Gasteiger partial charge in [-0.2, -0.15) is 0 Å². The van der Waals surface area contributed by atoms with Crippen molar-refractivity contribution >= 4 is 18.7 Å². The van der Waals surface area contributed by atoms with Gasteiger partial charge in [0.15, 0.2) is 0 Å². The Morgan fingerprint density at radius 1 is 0.923 bits per heavy atom. The lowest BCUT2D eigenvalue weighted by atomic mass is 10.1. The summed E-state index contributed by atoms with van der Waals surface area (Å²) in [5.74, 6) is 0. The molecule has 2 aromatic carbocycles. The lowest BCUT2D eigenvalue weighted by Crippen LogP contribution is -2.70. The number of hydrogen-bond donors (Lipinski definition) is 1. The molecule has 0 aromatic heterocycles. The van der Waals surface area contributed by atoms with Crippen molar-refractivity contribution in [1.82, 2.24) is 0 Å². The second-order valence-corrected chi connectivity index (χ2v) is 12.2. The minimum atomic E-state index is -2.61. The van der Waals surface area contributed by atoms with Crippen molar-refractivity contribution in [1.29, 1.82) is 0 Å². The maximum absolute atomic E-state index is 7.01. The first-order valence-electron chi connectivity index (χ1n) is 9.34. The summed E-state index contributed by atoms with van der Waals surface area (Å²) in [4.78, 5) is 0. The molecule has 0 aliphatic rings. The minimum absolute atomic E-state index is 0.0770. The molecular formula is C22H33NO2Si. The van der Waals surface area contributed by atoms with Crippen LogP contribution >= 0.6 is 0 Å². The lowest BCUT2D eigenvalue weighted by molar-refractivity contribution is -0.0862. The number of ether oxygens (including phenoxy) is 1. The van der Waals surface area contributed by atoms with Crippen LogP contribution in [-0.4, -0.2) is 27.3 Å². The van der Waals surface area contributed by atoms with Crippen LogP contribution in [0.4, 0.5) is 0 Å². The van der Waals surface area contributed by atoms with E-state index in [1.165, 1.54) is 10.4 Å². The third-order valence-corrected chi connectivity index (χ3v) is 10.5. The molecule has 0 bridgehead atoms. The summed E-state index contributed by atoms with van der Waals surface area (Å²) in [7, 11) is -0.953. The molecule has 142 valence electrons. The third kappa shape index (κ3) is 3.79. The van der Waals surface area contributed by atoms with Gasteiger partial charge in [-0.05, 0) is 28.8 Å². The first-order chi connectivity index (χ1) is 12.2. The molecule has 2 unspecified atom stereocenters. The maximum Gasteiger partial charge on any atom is 0.261 e. The molecule has 2 atom stereocenters. The van der Waals surface area contributed by atoms with Crippen LogP contribution in [0, 0.1) is 0 Å². The Morgan fingerprint density at radius 2 is 1.35 bits per heavy atom. The fourth-order valence-electron chi connectivity index (χ4n) is 3.65. The molecule has 4 heteroatoms. The molecule has 2 rings (SSSR count). The fourth-order valence-corrected chi connectivity index (χ4v) is 8.40. The van der Waals surface area contributed by atoms with E-state index in [0.29, 0.717) is 6.42 Å². The number of benzene rings is 2. The summed E-state index contributed by atoms with van der Waals surface area (Å²) in [6, 6.07) is 21.2. The summed E-state index contributed by atoms with van der Waals surface area (Å²) >= 11 is 0. The Labute approximate surface area is 159 Å². The van der Waals surface area contributed by atoms with Crippen LogP contribution in [0.15, 0.2) is 60.7 Å². The second kappa shape index (κ2) is 8.05. The monoisotopic (exact) mass is 371 g/mol. The minimum Gasteiger partial charge on any atom is -0.400 e. The van der Waals surface area contributed by atoms with Crippen molar-refractivity contribution in [3.63, 3.8) is 0 Å². The van der Waals surface area contributed by atoms with Crippen molar-refractivity contribution in [3.05, 3.63) is 60.7 Å². The molecule has 0 amide bonds. The number of methoxy groups -OCH3 is 1. The van der Waals surface area contributed by atoms with E-state index in [9.17, 15) is 0 Å². The summed E-state index contributed by atoms with van der Waals surface area (Å²) < 4.78 is 12.7. The van der Waals surface area contributed by atoms with Crippen molar-refractivity contribution in [2.75, 3.05) is 7.11 Å². The molecule has 2 aromatic rings. The molecular weight excluding hydrogens is 338 g/mol. The number of nitrogens with two attached hydrogens (primary N) is 1. The van der Waals surface area contributed by atoms with E-state index in [1.807, 2.05) is 26.0 Å². The van der Waals surface area contributed by atoms with Crippen LogP contribution in [0.1, 0.15) is 41.0 Å². The van der Waals surface area contributed by atoms with Crippen molar-refractivity contribution < 1.29 is 9.16 Å². The van der Waals surface area contributed by atoms with E-state index in [0.717, 1.165) is 0 Å². The molecule has 26 heavy (non-hydrogen) atoms. The predicted molar refractivity (Wildman–Crippen MR) is 112 cm³/mol. The van der Waals surface area contributed by atoms with Gasteiger partial charge in [-0.3, -0.25) is 0 Å². The second-order valence-electron chi connectivity index (χ2n) is 7.94. The van der Waals surface area contributed by atoms with Crippen molar-refractivity contribution in [2.45, 2.75) is 57.9 Å². The highest BCUT2D eigenvalue weighted by Crippen LogP contribution is 2.38. The van der Waals surface area contributed by atoms with Crippen molar-refractivity contribution in [2.24, 2.45) is 5.73 Å². The molecule has 0 heterocycles. The molecule has 0 radical (unpaired) electrons. The lowest BCUT2D eigenvalue weighted by Gasteiger charge is -2.47. The molecule has 0 fully saturated rings. The quantitative estimate of drug-likeness (QED) is 0.597. The molecule has 0 saturated heterocycles. The van der Waals surface area contributed by atoms with Gasteiger partial charge in [-0.1, -0.05) is 88.4 Å². The van der Waals surface area contributed by atoms with Gasteiger partial charge in [0.05, 0.1) is 6.10 Å². The first-order valence-corrected chi connectivity index (χ1v) is 11.2. The highest BCUT2D eigenvalue weighted by atomic mass is 28.4. The predicted octanol–water partition coefficient (Wildman–Crippen LogP) is 3.66. The first kappa shape index (κ1) is 20.8. The molecule has 0 saturated carbocycles. The van der Waals surface area contributed by atoms with Crippen LogP contribution in [0.3, 0.4) is 0 Å². The molecule has 0 spiro atoms. The van der Waals surface area contributed by atoms with Gasteiger partial charge >= 0.3 is 0 Å². The average Bonchev–Trinajstić information content (AvgIpc) is 2.65. The summed E-state index contributed by atoms with van der Waals surface area (Å²) in [6.07, 6.45) is 0.437. The van der Waals surface area contributed by atoms with Gasteiger partial charge in [0.25, 0.3) is 8.32 Å². The largest absolute Gasteiger partial charge is 0.400 e. The Kier molecular flexibility index (Phi) is 6.45. The smallest absolute Gasteiger partial charge is 0.261 e. The van der Waals surface area contributed by atoms with Gasteiger partial charge in [0, 0.05) is 7.11 Å². The Hall–Kier alpha value is -1.46. The van der Waals surface area contributed by atoms with Crippen LogP contribution in [0.25, 0.3) is 0 Å². The van der Waals surface area contributed by atoms with E-state index >= 15 is 0 Å². The van der Waals surface area contributed by atoms with E-state index < -0.39 is 14.0 Å². The highest BCUT2D eigenvalue weighted by Gasteiger charge is 2.52. The molecule has 0 aliphatic heterocycles. The zero-order valence-electron chi connectivity index (χ0n) is 17.0. The molecule has 0 aliphatic carbocycles. The van der Waals surface area contributed by atoms with E-state index in [1.54, 1.807) is 7.11 Å². The van der Waals surface area contributed by atoms with E-state index in [4.69, 9.17) is 14.9 Å². The highest BCUT2D eigenvalue weighted by molar-refractivity contribution is 6.99. The third-order valence-electron chi connectivity index (χ3n) is 5.39. The van der Waals surface area contributed by atoms with Crippen LogP contribution in [0.2, 0.25) is 5.04 Å². The van der Waals surface area contributed by atoms with Gasteiger partial charge in [-0.25, -0.2) is 0 Å². The van der Waals surface area contributed by atoms with Crippen LogP contribution < -0.4 is 16.1 Å². The summed E-state index contributed by atoms with van der Waals surface area (Å²) in [5.41, 5.74) is 5.71. The Bertz CT molecular complexity index is 639. The fraction of sp³-hybridized carbons (Fsp3) is 0.455. The van der Waals surface area contributed by atoms with Gasteiger partial charge in [-0.15, -0.1) is 0 Å².